The first-order valence-corrected chi connectivity index (χ1v) is 8.17. The minimum Gasteiger partial charge on any atom is -0.324 e. The van der Waals surface area contributed by atoms with Crippen molar-refractivity contribution in [1.82, 2.24) is 4.90 Å². The first kappa shape index (κ1) is 17.3. The number of amides is 1. The number of hydrogen-bond acceptors (Lipinski definition) is 2. The standard InChI is InChI=1S/C16H15BrCl2N2O/c1-21(9-11-4-2-3-5-13(11)18)10-16(22)20-15-7-6-12(17)8-14(15)19/h2-8H,9-10H2,1H3,(H,20,22). The first-order valence-electron chi connectivity index (χ1n) is 6.62. The van der Waals surface area contributed by atoms with Gasteiger partial charge in [-0.15, -0.1) is 0 Å². The van der Waals surface area contributed by atoms with Crippen molar-refractivity contribution in [2.24, 2.45) is 0 Å². The summed E-state index contributed by atoms with van der Waals surface area (Å²) >= 11 is 15.5. The van der Waals surface area contributed by atoms with Crippen LogP contribution in [0, 0.1) is 0 Å². The Morgan fingerprint density at radius 2 is 1.91 bits per heavy atom. The average molecular weight is 402 g/mol. The molecule has 116 valence electrons. The molecule has 0 saturated heterocycles. The molecule has 0 atom stereocenters. The van der Waals surface area contributed by atoms with Crippen molar-refractivity contribution < 1.29 is 4.79 Å². The monoisotopic (exact) mass is 400 g/mol. The molecule has 2 aromatic carbocycles. The Morgan fingerprint density at radius 1 is 1.18 bits per heavy atom. The molecule has 0 spiro atoms. The first-order chi connectivity index (χ1) is 10.5. The predicted octanol–water partition coefficient (Wildman–Crippen LogP) is 4.83. The van der Waals surface area contributed by atoms with Crippen molar-refractivity contribution >= 4 is 50.7 Å². The zero-order chi connectivity index (χ0) is 16.1. The minimum absolute atomic E-state index is 0.126. The van der Waals surface area contributed by atoms with Crippen LogP contribution in [0.3, 0.4) is 0 Å². The van der Waals surface area contributed by atoms with Gasteiger partial charge in [0.1, 0.15) is 0 Å². The van der Waals surface area contributed by atoms with Crippen molar-refractivity contribution in [1.29, 1.82) is 0 Å². The molecule has 0 aliphatic carbocycles. The summed E-state index contributed by atoms with van der Waals surface area (Å²) in [6.45, 7) is 0.846. The van der Waals surface area contributed by atoms with Gasteiger partial charge in [-0.25, -0.2) is 0 Å². The summed E-state index contributed by atoms with van der Waals surface area (Å²) in [4.78, 5) is 14.0. The van der Waals surface area contributed by atoms with E-state index in [1.807, 2.05) is 42.3 Å². The Kier molecular flexibility index (Phi) is 6.26. The molecule has 3 nitrogen and oxygen atoms in total. The minimum atomic E-state index is -0.126. The van der Waals surface area contributed by atoms with Crippen LogP contribution in [-0.4, -0.2) is 24.4 Å². The summed E-state index contributed by atoms with van der Waals surface area (Å²) in [6, 6.07) is 12.9. The van der Waals surface area contributed by atoms with Gasteiger partial charge in [-0.3, -0.25) is 9.69 Å². The Bertz CT molecular complexity index is 679. The highest BCUT2D eigenvalue weighted by Crippen LogP contribution is 2.25. The van der Waals surface area contributed by atoms with Crippen molar-refractivity contribution in [3.8, 4) is 0 Å². The van der Waals surface area contributed by atoms with E-state index < -0.39 is 0 Å². The summed E-state index contributed by atoms with van der Waals surface area (Å²) in [6.07, 6.45) is 0. The van der Waals surface area contributed by atoms with Gasteiger partial charge < -0.3 is 5.32 Å². The van der Waals surface area contributed by atoms with Gasteiger partial charge in [-0.1, -0.05) is 57.3 Å². The van der Waals surface area contributed by atoms with Crippen LogP contribution >= 0.6 is 39.1 Å². The molecule has 2 aromatic rings. The summed E-state index contributed by atoms with van der Waals surface area (Å²) in [5.74, 6) is -0.126. The van der Waals surface area contributed by atoms with Gasteiger partial charge >= 0.3 is 0 Å². The Balaban J connectivity index is 1.93. The van der Waals surface area contributed by atoms with Crippen LogP contribution < -0.4 is 5.32 Å². The third-order valence-corrected chi connectivity index (χ3v) is 4.19. The van der Waals surface area contributed by atoms with E-state index in [9.17, 15) is 4.79 Å². The quantitative estimate of drug-likeness (QED) is 0.778. The summed E-state index contributed by atoms with van der Waals surface area (Å²) in [5.41, 5.74) is 1.59. The molecule has 0 heterocycles. The van der Waals surface area contributed by atoms with Crippen molar-refractivity contribution in [2.45, 2.75) is 6.54 Å². The zero-order valence-corrected chi connectivity index (χ0v) is 15.0. The highest BCUT2D eigenvalue weighted by atomic mass is 79.9. The molecule has 6 heteroatoms. The molecule has 1 N–H and O–H groups in total. The maximum absolute atomic E-state index is 12.1. The number of rotatable bonds is 5. The molecule has 0 saturated carbocycles. The molecule has 0 aliphatic heterocycles. The molecule has 0 bridgehead atoms. The molecule has 0 fully saturated rings. The lowest BCUT2D eigenvalue weighted by molar-refractivity contribution is -0.117. The fraction of sp³-hybridized carbons (Fsp3) is 0.188. The Labute approximate surface area is 148 Å². The Morgan fingerprint density at radius 3 is 2.59 bits per heavy atom. The summed E-state index contributed by atoms with van der Waals surface area (Å²) < 4.78 is 0.867. The van der Waals surface area contributed by atoms with Crippen LogP contribution in [-0.2, 0) is 11.3 Å². The van der Waals surface area contributed by atoms with E-state index in [0.717, 1.165) is 10.0 Å². The van der Waals surface area contributed by atoms with E-state index in [1.165, 1.54) is 0 Å². The number of nitrogens with one attached hydrogen (secondary N) is 1. The molecular weight excluding hydrogens is 387 g/mol. The van der Waals surface area contributed by atoms with Crippen LogP contribution in [0.15, 0.2) is 46.9 Å². The average Bonchev–Trinajstić information content (AvgIpc) is 2.44. The molecule has 0 radical (unpaired) electrons. The van der Waals surface area contributed by atoms with Crippen molar-refractivity contribution in [3.63, 3.8) is 0 Å². The maximum atomic E-state index is 12.1. The van der Waals surface area contributed by atoms with Gasteiger partial charge in [0.25, 0.3) is 0 Å². The topological polar surface area (TPSA) is 32.3 Å². The molecular formula is C16H15BrCl2N2O. The number of nitrogens with zero attached hydrogens (tertiary/aromatic N) is 1. The molecule has 0 unspecified atom stereocenters. The van der Waals surface area contributed by atoms with Gasteiger partial charge in [0.15, 0.2) is 0 Å². The predicted molar refractivity (Wildman–Crippen MR) is 95.6 cm³/mol. The molecule has 22 heavy (non-hydrogen) atoms. The molecule has 0 aromatic heterocycles. The lowest BCUT2D eigenvalue weighted by Crippen LogP contribution is -2.30. The lowest BCUT2D eigenvalue weighted by atomic mass is 10.2. The second-order valence-electron chi connectivity index (χ2n) is 4.94. The summed E-state index contributed by atoms with van der Waals surface area (Å²) in [7, 11) is 1.87. The third kappa shape index (κ3) is 4.99. The number of carbonyl (C=O) groups excluding carboxylic acids is 1. The van der Waals surface area contributed by atoms with Crippen LogP contribution in [0.25, 0.3) is 0 Å². The maximum Gasteiger partial charge on any atom is 0.238 e. The number of carbonyl (C=O) groups is 1. The van der Waals surface area contributed by atoms with Gasteiger partial charge in [-0.05, 0) is 36.9 Å². The second-order valence-corrected chi connectivity index (χ2v) is 6.67. The fourth-order valence-electron chi connectivity index (χ4n) is 2.00. The largest absolute Gasteiger partial charge is 0.324 e. The molecule has 1 amide bonds. The number of hydrogen-bond donors (Lipinski definition) is 1. The van der Waals surface area contributed by atoms with E-state index >= 15 is 0 Å². The number of benzene rings is 2. The van der Waals surface area contributed by atoms with Gasteiger partial charge in [-0.2, -0.15) is 0 Å². The van der Waals surface area contributed by atoms with Gasteiger partial charge in [0.05, 0.1) is 17.3 Å². The smallest absolute Gasteiger partial charge is 0.238 e. The number of likely N-dealkylation sites (N-methyl/N-ethyl adjacent to an activating group) is 1. The highest BCUT2D eigenvalue weighted by Gasteiger charge is 2.10. The normalized spacial score (nSPS) is 10.8. The third-order valence-electron chi connectivity index (χ3n) is 3.02. The van der Waals surface area contributed by atoms with Gasteiger partial charge in [0, 0.05) is 16.0 Å². The lowest BCUT2D eigenvalue weighted by Gasteiger charge is -2.17. The van der Waals surface area contributed by atoms with Gasteiger partial charge in [0.2, 0.25) is 5.91 Å². The fourth-order valence-corrected chi connectivity index (χ4v) is 2.92. The van der Waals surface area contributed by atoms with E-state index in [0.29, 0.717) is 22.3 Å². The number of halogens is 3. The second kappa shape index (κ2) is 7.97. The Hall–Kier alpha value is -1.07. The van der Waals surface area contributed by atoms with Crippen molar-refractivity contribution in [3.05, 3.63) is 62.5 Å². The van der Waals surface area contributed by atoms with Crippen molar-refractivity contribution in [2.75, 3.05) is 18.9 Å². The van der Waals surface area contributed by atoms with E-state index in [-0.39, 0.29) is 12.5 Å². The molecule has 2 rings (SSSR count). The molecule has 0 aliphatic rings. The zero-order valence-electron chi connectivity index (χ0n) is 11.9. The van der Waals surface area contributed by atoms with E-state index in [1.54, 1.807) is 12.1 Å². The van der Waals surface area contributed by atoms with Crippen LogP contribution in [0.5, 0.6) is 0 Å². The van der Waals surface area contributed by atoms with E-state index in [4.69, 9.17) is 23.2 Å². The van der Waals surface area contributed by atoms with Crippen LogP contribution in [0.1, 0.15) is 5.56 Å². The van der Waals surface area contributed by atoms with Crippen LogP contribution in [0.2, 0.25) is 10.0 Å². The van der Waals surface area contributed by atoms with Crippen LogP contribution in [0.4, 0.5) is 5.69 Å². The summed E-state index contributed by atoms with van der Waals surface area (Å²) in [5, 5.41) is 4.00. The highest BCUT2D eigenvalue weighted by molar-refractivity contribution is 9.10. The van der Waals surface area contributed by atoms with E-state index in [2.05, 4.69) is 21.2 Å². The number of anilines is 1. The SMILES string of the molecule is CN(CC(=O)Nc1ccc(Br)cc1Cl)Cc1ccccc1Cl.